The molecule has 2 rings (SSSR count). The zero-order valence-electron chi connectivity index (χ0n) is 13.4. The van der Waals surface area contributed by atoms with Crippen LogP contribution < -0.4 is 10.2 Å². The monoisotopic (exact) mass is 296 g/mol. The molecule has 1 aromatic rings. The standard InChI is InChI=1S/C15H28N4S/c1-6-11(2)14-13(9-16-4)20-15(17-14)19-8-7-18(5)10-12(19)3/h11-12,16H,6-10H2,1-5H3. The van der Waals surface area contributed by atoms with Crippen molar-refractivity contribution in [3.63, 3.8) is 0 Å². The van der Waals surface area contributed by atoms with Crippen LogP contribution in [0.3, 0.4) is 0 Å². The van der Waals surface area contributed by atoms with Gasteiger partial charge >= 0.3 is 0 Å². The Hall–Kier alpha value is -0.650. The molecule has 0 bridgehead atoms. The largest absolute Gasteiger partial charge is 0.343 e. The van der Waals surface area contributed by atoms with E-state index >= 15 is 0 Å². The Morgan fingerprint density at radius 2 is 2.20 bits per heavy atom. The molecular weight excluding hydrogens is 268 g/mol. The van der Waals surface area contributed by atoms with Gasteiger partial charge in [0.2, 0.25) is 0 Å². The molecule has 4 nitrogen and oxygen atoms in total. The number of anilines is 1. The maximum Gasteiger partial charge on any atom is 0.186 e. The first kappa shape index (κ1) is 15.7. The van der Waals surface area contributed by atoms with Gasteiger partial charge in [-0.15, -0.1) is 11.3 Å². The minimum Gasteiger partial charge on any atom is -0.343 e. The lowest BCUT2D eigenvalue weighted by Crippen LogP contribution is -2.50. The third-order valence-electron chi connectivity index (χ3n) is 4.21. The number of hydrogen-bond acceptors (Lipinski definition) is 5. The summed E-state index contributed by atoms with van der Waals surface area (Å²) in [5.41, 5.74) is 1.30. The molecule has 0 spiro atoms. The smallest absolute Gasteiger partial charge is 0.186 e. The number of likely N-dealkylation sites (N-methyl/N-ethyl adjacent to an activating group) is 1. The number of aromatic nitrogens is 1. The highest BCUT2D eigenvalue weighted by Gasteiger charge is 2.26. The quantitative estimate of drug-likeness (QED) is 0.905. The lowest BCUT2D eigenvalue weighted by molar-refractivity contribution is 0.275. The summed E-state index contributed by atoms with van der Waals surface area (Å²) < 4.78 is 0. The topological polar surface area (TPSA) is 31.4 Å². The van der Waals surface area contributed by atoms with Crippen molar-refractivity contribution in [3.05, 3.63) is 10.6 Å². The van der Waals surface area contributed by atoms with E-state index in [0.29, 0.717) is 12.0 Å². The van der Waals surface area contributed by atoms with Gasteiger partial charge in [-0.1, -0.05) is 13.8 Å². The van der Waals surface area contributed by atoms with E-state index in [1.807, 2.05) is 18.4 Å². The van der Waals surface area contributed by atoms with Crippen molar-refractivity contribution in [2.24, 2.45) is 0 Å². The summed E-state index contributed by atoms with van der Waals surface area (Å²) in [5.74, 6) is 0.547. The second-order valence-electron chi connectivity index (χ2n) is 5.95. The number of nitrogens with zero attached hydrogens (tertiary/aromatic N) is 3. The zero-order chi connectivity index (χ0) is 14.7. The van der Waals surface area contributed by atoms with Crippen LogP contribution in [0.1, 0.15) is 43.7 Å². The van der Waals surface area contributed by atoms with Crippen LogP contribution >= 0.6 is 11.3 Å². The van der Waals surface area contributed by atoms with Gasteiger partial charge in [0.1, 0.15) is 0 Å². The van der Waals surface area contributed by atoms with E-state index in [-0.39, 0.29) is 0 Å². The van der Waals surface area contributed by atoms with Crippen LogP contribution in [0.5, 0.6) is 0 Å². The Kier molecular flexibility index (Phi) is 5.41. The summed E-state index contributed by atoms with van der Waals surface area (Å²) in [4.78, 5) is 11.3. The van der Waals surface area contributed by atoms with Crippen molar-refractivity contribution in [2.45, 2.75) is 45.7 Å². The minimum absolute atomic E-state index is 0.547. The summed E-state index contributed by atoms with van der Waals surface area (Å²) in [5, 5.41) is 4.50. The van der Waals surface area contributed by atoms with E-state index in [2.05, 4.69) is 42.9 Å². The summed E-state index contributed by atoms with van der Waals surface area (Å²) in [6.07, 6.45) is 1.15. The van der Waals surface area contributed by atoms with Gasteiger partial charge in [0.05, 0.1) is 5.69 Å². The fourth-order valence-electron chi connectivity index (χ4n) is 2.76. The SMILES string of the molecule is CCC(C)c1nc(N2CCN(C)CC2C)sc1CNC. The van der Waals surface area contributed by atoms with Gasteiger partial charge in [-0.05, 0) is 33.4 Å². The molecule has 20 heavy (non-hydrogen) atoms. The van der Waals surface area contributed by atoms with Gasteiger partial charge in [-0.3, -0.25) is 0 Å². The lowest BCUT2D eigenvalue weighted by atomic mass is 10.0. The second-order valence-corrected chi connectivity index (χ2v) is 7.01. The van der Waals surface area contributed by atoms with Gasteiger partial charge in [0.25, 0.3) is 0 Å². The Morgan fingerprint density at radius 3 is 2.80 bits per heavy atom. The first-order chi connectivity index (χ1) is 9.56. The van der Waals surface area contributed by atoms with Crippen LogP contribution in [-0.4, -0.2) is 49.7 Å². The van der Waals surface area contributed by atoms with Crippen LogP contribution in [0, 0.1) is 0 Å². The number of hydrogen-bond donors (Lipinski definition) is 1. The molecule has 0 amide bonds. The van der Waals surface area contributed by atoms with Crippen LogP contribution in [0.15, 0.2) is 0 Å². The van der Waals surface area contributed by atoms with E-state index in [1.165, 1.54) is 15.7 Å². The third-order valence-corrected chi connectivity index (χ3v) is 5.32. The number of nitrogens with one attached hydrogen (secondary N) is 1. The van der Waals surface area contributed by atoms with Gasteiger partial charge in [-0.25, -0.2) is 4.98 Å². The normalized spacial score (nSPS) is 22.2. The highest BCUT2D eigenvalue weighted by atomic mass is 32.1. The van der Waals surface area contributed by atoms with Crippen molar-refractivity contribution in [1.29, 1.82) is 0 Å². The Morgan fingerprint density at radius 1 is 1.45 bits per heavy atom. The van der Waals surface area contributed by atoms with Crippen molar-refractivity contribution < 1.29 is 0 Å². The fourth-order valence-corrected chi connectivity index (χ4v) is 4.08. The molecule has 5 heteroatoms. The molecule has 1 aromatic heterocycles. The Labute approximate surface area is 127 Å². The molecule has 2 heterocycles. The molecule has 0 aliphatic carbocycles. The molecule has 0 radical (unpaired) electrons. The highest BCUT2D eigenvalue weighted by molar-refractivity contribution is 7.15. The predicted molar refractivity (Wildman–Crippen MR) is 87.9 cm³/mol. The molecule has 1 N–H and O–H groups in total. The molecule has 0 saturated carbocycles. The first-order valence-electron chi connectivity index (χ1n) is 7.66. The number of rotatable bonds is 5. The molecule has 1 fully saturated rings. The van der Waals surface area contributed by atoms with E-state index < -0.39 is 0 Å². The summed E-state index contributed by atoms with van der Waals surface area (Å²) in [7, 11) is 4.21. The second kappa shape index (κ2) is 6.87. The average molecular weight is 296 g/mol. The van der Waals surface area contributed by atoms with Crippen LogP contribution in [0.2, 0.25) is 0 Å². The summed E-state index contributed by atoms with van der Waals surface area (Å²) >= 11 is 1.87. The number of piperazine rings is 1. The summed E-state index contributed by atoms with van der Waals surface area (Å²) in [6.45, 7) is 11.1. The minimum atomic E-state index is 0.547. The molecule has 1 aliphatic heterocycles. The molecule has 1 aliphatic rings. The first-order valence-corrected chi connectivity index (χ1v) is 8.47. The lowest BCUT2D eigenvalue weighted by Gasteiger charge is -2.38. The molecule has 1 saturated heterocycles. The van der Waals surface area contributed by atoms with E-state index in [1.54, 1.807) is 0 Å². The molecule has 0 aromatic carbocycles. The Balaban J connectivity index is 2.23. The summed E-state index contributed by atoms with van der Waals surface area (Å²) in [6, 6.07) is 0.548. The van der Waals surface area contributed by atoms with E-state index in [9.17, 15) is 0 Å². The zero-order valence-corrected chi connectivity index (χ0v) is 14.3. The van der Waals surface area contributed by atoms with Gasteiger partial charge in [0.15, 0.2) is 5.13 Å². The fraction of sp³-hybridized carbons (Fsp3) is 0.800. The van der Waals surface area contributed by atoms with Gasteiger partial charge in [0, 0.05) is 37.1 Å². The van der Waals surface area contributed by atoms with Crippen molar-refractivity contribution in [3.8, 4) is 0 Å². The van der Waals surface area contributed by atoms with Crippen LogP contribution in [-0.2, 0) is 6.54 Å². The van der Waals surface area contributed by atoms with E-state index in [4.69, 9.17) is 4.98 Å². The van der Waals surface area contributed by atoms with Crippen LogP contribution in [0.25, 0.3) is 0 Å². The third kappa shape index (κ3) is 3.32. The van der Waals surface area contributed by atoms with Crippen molar-refractivity contribution in [2.75, 3.05) is 38.6 Å². The van der Waals surface area contributed by atoms with E-state index in [0.717, 1.165) is 32.6 Å². The molecular formula is C15H28N4S. The molecule has 2 atom stereocenters. The molecule has 114 valence electrons. The Bertz CT molecular complexity index is 432. The maximum absolute atomic E-state index is 4.98. The van der Waals surface area contributed by atoms with Crippen molar-refractivity contribution in [1.82, 2.24) is 15.2 Å². The van der Waals surface area contributed by atoms with Crippen LogP contribution in [0.4, 0.5) is 5.13 Å². The number of thiazole rings is 1. The van der Waals surface area contributed by atoms with Gasteiger partial charge in [-0.2, -0.15) is 0 Å². The van der Waals surface area contributed by atoms with Gasteiger partial charge < -0.3 is 15.1 Å². The highest BCUT2D eigenvalue weighted by Crippen LogP contribution is 2.33. The maximum atomic E-state index is 4.98. The van der Waals surface area contributed by atoms with Crippen molar-refractivity contribution >= 4 is 16.5 Å². The molecule has 2 unspecified atom stereocenters. The average Bonchev–Trinajstić information content (AvgIpc) is 2.82. The predicted octanol–water partition coefficient (Wildman–Crippen LogP) is 2.52.